The molecule has 0 radical (unpaired) electrons. The Kier molecular flexibility index (Phi) is 6.00. The number of ether oxygens (including phenoxy) is 1. The van der Waals surface area contributed by atoms with Gasteiger partial charge >= 0.3 is 0 Å². The number of benzene rings is 2. The Balaban J connectivity index is 1.53. The van der Waals surface area contributed by atoms with Gasteiger partial charge < -0.3 is 15.4 Å². The van der Waals surface area contributed by atoms with Gasteiger partial charge in [-0.05, 0) is 60.3 Å². The van der Waals surface area contributed by atoms with Crippen molar-refractivity contribution < 1.29 is 4.74 Å². The molecule has 2 heterocycles. The van der Waals surface area contributed by atoms with Gasteiger partial charge in [0.15, 0.2) is 0 Å². The van der Waals surface area contributed by atoms with Crippen LogP contribution in [-0.4, -0.2) is 24.7 Å². The molecule has 2 atom stereocenters. The molecule has 28 heavy (non-hydrogen) atoms. The summed E-state index contributed by atoms with van der Waals surface area (Å²) in [4.78, 5) is 4.12. The van der Waals surface area contributed by atoms with Gasteiger partial charge in [-0.3, -0.25) is 4.98 Å². The lowest BCUT2D eigenvalue weighted by atomic mass is 9.92. The number of nitrogens with zero attached hydrogens (tertiary/aromatic N) is 1. The summed E-state index contributed by atoms with van der Waals surface area (Å²) in [7, 11) is 1.74. The van der Waals surface area contributed by atoms with Gasteiger partial charge in [0.2, 0.25) is 0 Å². The van der Waals surface area contributed by atoms with Crippen LogP contribution in [0.3, 0.4) is 0 Å². The number of rotatable bonds is 6. The summed E-state index contributed by atoms with van der Waals surface area (Å²) in [5.74, 6) is 0.922. The van der Waals surface area contributed by atoms with E-state index in [1.165, 1.54) is 35.1 Å². The highest BCUT2D eigenvalue weighted by molar-refractivity contribution is 5.65. The molecule has 2 N–H and O–H groups in total. The van der Waals surface area contributed by atoms with Crippen LogP contribution in [0, 0.1) is 0 Å². The van der Waals surface area contributed by atoms with Crippen LogP contribution in [0.5, 0.6) is 5.75 Å². The van der Waals surface area contributed by atoms with Crippen molar-refractivity contribution >= 4 is 0 Å². The summed E-state index contributed by atoms with van der Waals surface area (Å²) >= 11 is 0. The van der Waals surface area contributed by atoms with Gasteiger partial charge in [0, 0.05) is 36.6 Å². The molecule has 1 saturated heterocycles. The van der Waals surface area contributed by atoms with Crippen LogP contribution in [0.2, 0.25) is 0 Å². The minimum Gasteiger partial charge on any atom is -0.496 e. The third-order valence-corrected chi connectivity index (χ3v) is 5.47. The SMILES string of the molecule is COc1ccc(-c2ccncc2)cc1CN[C@H]1CCCN[C@H]1c1ccccc1. The normalized spacial score (nSPS) is 19.3. The number of hydrogen-bond acceptors (Lipinski definition) is 4. The molecule has 2 aromatic carbocycles. The van der Waals surface area contributed by atoms with E-state index in [-0.39, 0.29) is 0 Å². The Morgan fingerprint density at radius 2 is 1.86 bits per heavy atom. The fourth-order valence-corrected chi connectivity index (χ4v) is 4.00. The highest BCUT2D eigenvalue weighted by atomic mass is 16.5. The molecule has 1 aromatic heterocycles. The predicted molar refractivity (Wildman–Crippen MR) is 113 cm³/mol. The molecule has 3 aromatic rings. The molecule has 0 spiro atoms. The smallest absolute Gasteiger partial charge is 0.123 e. The maximum Gasteiger partial charge on any atom is 0.123 e. The number of aromatic nitrogens is 1. The lowest BCUT2D eigenvalue weighted by molar-refractivity contribution is 0.303. The Hall–Kier alpha value is -2.69. The maximum atomic E-state index is 5.62. The second-order valence-electron chi connectivity index (χ2n) is 7.23. The minimum absolute atomic E-state index is 0.337. The van der Waals surface area contributed by atoms with Crippen molar-refractivity contribution in [1.29, 1.82) is 0 Å². The van der Waals surface area contributed by atoms with Gasteiger partial charge in [0.25, 0.3) is 0 Å². The third-order valence-electron chi connectivity index (χ3n) is 5.47. The standard InChI is InChI=1S/C24H27N3O/c1-28-23-10-9-20(18-11-14-25-15-12-18)16-21(23)17-27-22-8-5-13-26-24(22)19-6-3-2-4-7-19/h2-4,6-7,9-12,14-16,22,24,26-27H,5,8,13,17H2,1H3/t22-,24-/m0/s1. The first kappa shape index (κ1) is 18.7. The van der Waals surface area contributed by atoms with E-state index >= 15 is 0 Å². The summed E-state index contributed by atoms with van der Waals surface area (Å²) in [6, 6.07) is 21.9. The van der Waals surface area contributed by atoms with Crippen LogP contribution >= 0.6 is 0 Å². The van der Waals surface area contributed by atoms with Crippen molar-refractivity contribution in [3.8, 4) is 16.9 Å². The molecule has 1 aliphatic heterocycles. The summed E-state index contributed by atoms with van der Waals surface area (Å²) in [5, 5.41) is 7.47. The summed E-state index contributed by atoms with van der Waals surface area (Å²) in [6.07, 6.45) is 6.01. The van der Waals surface area contributed by atoms with E-state index in [1.807, 2.05) is 24.5 Å². The number of pyridine rings is 1. The second-order valence-corrected chi connectivity index (χ2v) is 7.23. The highest BCUT2D eigenvalue weighted by Crippen LogP contribution is 2.28. The largest absolute Gasteiger partial charge is 0.496 e. The monoisotopic (exact) mass is 373 g/mol. The Bertz CT molecular complexity index is 883. The van der Waals surface area contributed by atoms with E-state index in [4.69, 9.17) is 4.74 Å². The molecule has 0 unspecified atom stereocenters. The molecule has 144 valence electrons. The molecule has 0 amide bonds. The van der Waals surface area contributed by atoms with Gasteiger partial charge in [-0.1, -0.05) is 36.4 Å². The molecular formula is C24H27N3O. The quantitative estimate of drug-likeness (QED) is 0.675. The third kappa shape index (κ3) is 4.24. The van der Waals surface area contributed by atoms with Gasteiger partial charge in [-0.2, -0.15) is 0 Å². The zero-order chi connectivity index (χ0) is 19.2. The average Bonchev–Trinajstić information content (AvgIpc) is 2.79. The Morgan fingerprint density at radius 3 is 2.64 bits per heavy atom. The fourth-order valence-electron chi connectivity index (χ4n) is 4.00. The van der Waals surface area contributed by atoms with Gasteiger partial charge in [-0.25, -0.2) is 0 Å². The lowest BCUT2D eigenvalue weighted by Gasteiger charge is -2.34. The zero-order valence-electron chi connectivity index (χ0n) is 16.3. The Labute approximate surface area is 167 Å². The molecule has 0 bridgehead atoms. The summed E-state index contributed by atoms with van der Waals surface area (Å²) < 4.78 is 5.62. The van der Waals surface area contributed by atoms with E-state index in [0.717, 1.165) is 18.8 Å². The van der Waals surface area contributed by atoms with E-state index in [2.05, 4.69) is 64.1 Å². The topological polar surface area (TPSA) is 46.2 Å². The second kappa shape index (κ2) is 9.00. The van der Waals surface area contributed by atoms with Gasteiger partial charge in [-0.15, -0.1) is 0 Å². The van der Waals surface area contributed by atoms with E-state index < -0.39 is 0 Å². The van der Waals surface area contributed by atoms with Crippen LogP contribution in [0.4, 0.5) is 0 Å². The molecule has 4 nitrogen and oxygen atoms in total. The first-order valence-electron chi connectivity index (χ1n) is 9.94. The van der Waals surface area contributed by atoms with Crippen molar-refractivity contribution in [1.82, 2.24) is 15.6 Å². The minimum atomic E-state index is 0.337. The van der Waals surface area contributed by atoms with Crippen LogP contribution < -0.4 is 15.4 Å². The molecular weight excluding hydrogens is 346 g/mol. The maximum absolute atomic E-state index is 5.62. The number of piperidine rings is 1. The number of nitrogens with one attached hydrogen (secondary N) is 2. The first-order valence-corrected chi connectivity index (χ1v) is 9.94. The van der Waals surface area contributed by atoms with Gasteiger partial charge in [0.05, 0.1) is 7.11 Å². The molecule has 4 rings (SSSR count). The number of methoxy groups -OCH3 is 1. The summed E-state index contributed by atoms with van der Waals surface area (Å²) in [6.45, 7) is 1.84. The molecule has 0 saturated carbocycles. The first-order chi connectivity index (χ1) is 13.8. The zero-order valence-corrected chi connectivity index (χ0v) is 16.3. The van der Waals surface area contributed by atoms with Crippen molar-refractivity contribution in [2.24, 2.45) is 0 Å². The van der Waals surface area contributed by atoms with Crippen molar-refractivity contribution in [3.63, 3.8) is 0 Å². The van der Waals surface area contributed by atoms with E-state index in [9.17, 15) is 0 Å². The molecule has 0 aliphatic carbocycles. The van der Waals surface area contributed by atoms with Crippen LogP contribution in [0.25, 0.3) is 11.1 Å². The van der Waals surface area contributed by atoms with Gasteiger partial charge in [0.1, 0.15) is 5.75 Å². The van der Waals surface area contributed by atoms with Crippen molar-refractivity contribution in [2.75, 3.05) is 13.7 Å². The van der Waals surface area contributed by atoms with Crippen LogP contribution in [0.15, 0.2) is 73.1 Å². The predicted octanol–water partition coefficient (Wildman–Crippen LogP) is 4.34. The van der Waals surface area contributed by atoms with Crippen LogP contribution in [-0.2, 0) is 6.54 Å². The van der Waals surface area contributed by atoms with Crippen molar-refractivity contribution in [2.45, 2.75) is 31.5 Å². The average molecular weight is 374 g/mol. The van der Waals surface area contributed by atoms with E-state index in [1.54, 1.807) is 7.11 Å². The fraction of sp³-hybridized carbons (Fsp3) is 0.292. The number of hydrogen-bond donors (Lipinski definition) is 2. The Morgan fingerprint density at radius 1 is 1.04 bits per heavy atom. The molecule has 1 aliphatic rings. The van der Waals surface area contributed by atoms with E-state index in [0.29, 0.717) is 12.1 Å². The summed E-state index contributed by atoms with van der Waals surface area (Å²) in [5.41, 5.74) is 4.87. The lowest BCUT2D eigenvalue weighted by Crippen LogP contribution is -2.45. The van der Waals surface area contributed by atoms with Crippen LogP contribution in [0.1, 0.15) is 30.0 Å². The highest BCUT2D eigenvalue weighted by Gasteiger charge is 2.25. The molecule has 4 heteroatoms. The molecule has 1 fully saturated rings. The van der Waals surface area contributed by atoms with Crippen molar-refractivity contribution in [3.05, 3.63) is 84.2 Å².